The first-order chi connectivity index (χ1) is 16.5. The molecule has 1 N–H and O–H groups in total. The van der Waals surface area contributed by atoms with Gasteiger partial charge in [-0.15, -0.1) is 0 Å². The summed E-state index contributed by atoms with van der Waals surface area (Å²) in [6, 6.07) is 11.2. The molecule has 4 heterocycles. The highest BCUT2D eigenvalue weighted by atomic mass is 16.5. The average Bonchev–Trinajstić information content (AvgIpc) is 2.80. The molecule has 0 saturated carbocycles. The predicted octanol–water partition coefficient (Wildman–Crippen LogP) is 1.98. The topological polar surface area (TPSA) is 84.7 Å². The molecule has 3 aliphatic heterocycles. The van der Waals surface area contributed by atoms with Crippen molar-refractivity contribution in [1.29, 1.82) is 5.26 Å². The summed E-state index contributed by atoms with van der Waals surface area (Å²) < 4.78 is 6.33. The fourth-order valence-corrected chi connectivity index (χ4v) is 5.77. The van der Waals surface area contributed by atoms with Crippen LogP contribution in [-0.4, -0.2) is 90.8 Å². The normalized spacial score (nSPS) is 25.1. The number of aromatic nitrogens is 1. The van der Waals surface area contributed by atoms with Gasteiger partial charge < -0.3 is 15.0 Å². The number of benzene rings is 1. The molecule has 1 aromatic carbocycles. The lowest BCUT2D eigenvalue weighted by atomic mass is 9.99. The zero-order valence-electron chi connectivity index (χ0n) is 20.1. The van der Waals surface area contributed by atoms with Crippen LogP contribution in [0.1, 0.15) is 32.3 Å². The minimum atomic E-state index is 0.0780. The molecular formula is C26H34N6O2. The number of carbonyl (C=O) groups excluding carboxylic acids is 1. The van der Waals surface area contributed by atoms with Gasteiger partial charge in [-0.3, -0.25) is 19.6 Å². The van der Waals surface area contributed by atoms with Gasteiger partial charge >= 0.3 is 0 Å². The highest BCUT2D eigenvalue weighted by Gasteiger charge is 2.36. The van der Waals surface area contributed by atoms with E-state index in [9.17, 15) is 10.1 Å². The van der Waals surface area contributed by atoms with Gasteiger partial charge in [0.15, 0.2) is 0 Å². The number of pyridine rings is 1. The number of rotatable bonds is 5. The van der Waals surface area contributed by atoms with E-state index in [4.69, 9.17) is 4.74 Å². The van der Waals surface area contributed by atoms with Gasteiger partial charge in [-0.05, 0) is 44.0 Å². The minimum Gasteiger partial charge on any atom is -0.370 e. The molecule has 1 aromatic heterocycles. The van der Waals surface area contributed by atoms with Crippen LogP contribution in [0.25, 0.3) is 10.9 Å². The number of amides is 1. The van der Waals surface area contributed by atoms with E-state index in [0.717, 1.165) is 75.2 Å². The van der Waals surface area contributed by atoms with Crippen molar-refractivity contribution in [2.75, 3.05) is 50.7 Å². The third-order valence-electron chi connectivity index (χ3n) is 7.39. The zero-order chi connectivity index (χ0) is 23.7. The number of ether oxygens (including phenoxy) is 1. The van der Waals surface area contributed by atoms with Crippen LogP contribution in [-0.2, 0) is 9.53 Å². The van der Waals surface area contributed by atoms with Gasteiger partial charge in [-0.25, -0.2) is 0 Å². The summed E-state index contributed by atoms with van der Waals surface area (Å²) in [6.07, 6.45) is 4.13. The van der Waals surface area contributed by atoms with E-state index in [1.165, 1.54) is 0 Å². The fraction of sp³-hybridized carbons (Fsp3) is 0.577. The van der Waals surface area contributed by atoms with Crippen LogP contribution >= 0.6 is 0 Å². The average molecular weight is 463 g/mol. The molecule has 8 heteroatoms. The van der Waals surface area contributed by atoms with Crippen molar-refractivity contribution in [2.24, 2.45) is 0 Å². The fourth-order valence-electron chi connectivity index (χ4n) is 5.77. The molecule has 0 bridgehead atoms. The van der Waals surface area contributed by atoms with Crippen molar-refractivity contribution in [3.63, 3.8) is 0 Å². The second-order valence-corrected chi connectivity index (χ2v) is 10.0. The maximum Gasteiger partial charge on any atom is 0.217 e. The molecule has 0 spiro atoms. The second kappa shape index (κ2) is 9.87. The summed E-state index contributed by atoms with van der Waals surface area (Å²) in [4.78, 5) is 23.3. The predicted molar refractivity (Wildman–Crippen MR) is 132 cm³/mol. The summed E-state index contributed by atoms with van der Waals surface area (Å²) in [6.45, 7) is 10.6. The molecular weight excluding hydrogens is 428 g/mol. The van der Waals surface area contributed by atoms with E-state index in [1.54, 1.807) is 13.1 Å². The van der Waals surface area contributed by atoms with Gasteiger partial charge in [0.2, 0.25) is 5.91 Å². The molecule has 1 amide bonds. The molecule has 8 nitrogen and oxygen atoms in total. The molecule has 0 unspecified atom stereocenters. The summed E-state index contributed by atoms with van der Waals surface area (Å²) in [7, 11) is 0. The SMILES string of the molecule is CC(=O)NC1CCN(C2CN(C[C@H]3CN(c4ccc(C#N)c5ncccc45)C[C@@H](C)O3)C2)CC1. The third-order valence-corrected chi connectivity index (χ3v) is 7.39. The smallest absolute Gasteiger partial charge is 0.217 e. The van der Waals surface area contributed by atoms with Crippen LogP contribution in [0.2, 0.25) is 0 Å². The Balaban J connectivity index is 1.17. The number of nitrogens with zero attached hydrogens (tertiary/aromatic N) is 5. The number of likely N-dealkylation sites (tertiary alicyclic amines) is 2. The lowest BCUT2D eigenvalue weighted by molar-refractivity contribution is -0.120. The first-order valence-electron chi connectivity index (χ1n) is 12.4. The maximum atomic E-state index is 11.3. The van der Waals surface area contributed by atoms with E-state index < -0.39 is 0 Å². The standard InChI is InChI=1S/C26H34N6O2/c1-18-13-32(25-6-5-20(12-27)26-24(25)4-3-9-28-26)17-23(34-18)16-30-14-22(15-30)31-10-7-21(8-11-31)29-19(2)33/h3-6,9,18,21-23H,7-8,10-11,13-17H2,1-2H3,(H,29,33)/t18-,23+/m1/s1. The Kier molecular flexibility index (Phi) is 6.68. The van der Waals surface area contributed by atoms with Gasteiger partial charge in [0.25, 0.3) is 0 Å². The number of morpholine rings is 1. The number of carbonyl (C=O) groups is 1. The molecule has 34 heavy (non-hydrogen) atoms. The zero-order valence-corrected chi connectivity index (χ0v) is 20.1. The Morgan fingerprint density at radius 2 is 2.00 bits per heavy atom. The minimum absolute atomic E-state index is 0.0780. The largest absolute Gasteiger partial charge is 0.370 e. The Bertz CT molecular complexity index is 1070. The van der Waals surface area contributed by atoms with Gasteiger partial charge in [-0.2, -0.15) is 5.26 Å². The van der Waals surface area contributed by atoms with Gasteiger partial charge in [-0.1, -0.05) is 0 Å². The molecule has 180 valence electrons. The van der Waals surface area contributed by atoms with Crippen LogP contribution in [0.15, 0.2) is 30.5 Å². The molecule has 3 saturated heterocycles. The Morgan fingerprint density at radius 3 is 2.74 bits per heavy atom. The molecule has 3 fully saturated rings. The Hall–Kier alpha value is -2.73. The first kappa shape index (κ1) is 23.0. The Morgan fingerprint density at radius 1 is 1.21 bits per heavy atom. The molecule has 2 atom stereocenters. The highest BCUT2D eigenvalue weighted by Crippen LogP contribution is 2.31. The highest BCUT2D eigenvalue weighted by molar-refractivity contribution is 5.95. The summed E-state index contributed by atoms with van der Waals surface area (Å²) in [5, 5.41) is 13.6. The lowest BCUT2D eigenvalue weighted by Crippen LogP contribution is -2.63. The van der Waals surface area contributed by atoms with Crippen molar-refractivity contribution in [3.8, 4) is 6.07 Å². The monoisotopic (exact) mass is 462 g/mol. The van der Waals surface area contributed by atoms with Gasteiger partial charge in [0, 0.05) is 82.1 Å². The summed E-state index contributed by atoms with van der Waals surface area (Å²) in [5.74, 6) is 0.0780. The Labute approximate surface area is 201 Å². The number of anilines is 1. The molecule has 3 aliphatic rings. The molecule has 0 radical (unpaired) electrons. The number of hydrogen-bond acceptors (Lipinski definition) is 7. The summed E-state index contributed by atoms with van der Waals surface area (Å²) in [5.41, 5.74) is 2.52. The van der Waals surface area contributed by atoms with Crippen LogP contribution in [0.5, 0.6) is 0 Å². The van der Waals surface area contributed by atoms with Crippen molar-refractivity contribution >= 4 is 22.5 Å². The van der Waals surface area contributed by atoms with Crippen LogP contribution in [0.3, 0.4) is 0 Å². The van der Waals surface area contributed by atoms with E-state index in [0.29, 0.717) is 17.6 Å². The summed E-state index contributed by atoms with van der Waals surface area (Å²) >= 11 is 0. The third kappa shape index (κ3) is 4.88. The number of hydrogen-bond donors (Lipinski definition) is 1. The molecule has 0 aliphatic carbocycles. The lowest BCUT2D eigenvalue weighted by Gasteiger charge is -2.49. The first-order valence-corrected chi connectivity index (χ1v) is 12.4. The van der Waals surface area contributed by atoms with Crippen LogP contribution < -0.4 is 10.2 Å². The van der Waals surface area contributed by atoms with Gasteiger partial charge in [0.1, 0.15) is 6.07 Å². The van der Waals surface area contributed by atoms with E-state index in [1.807, 2.05) is 12.1 Å². The quantitative estimate of drug-likeness (QED) is 0.727. The van der Waals surface area contributed by atoms with E-state index in [-0.39, 0.29) is 18.1 Å². The number of nitriles is 1. The van der Waals surface area contributed by atoms with Gasteiger partial charge in [0.05, 0.1) is 23.3 Å². The van der Waals surface area contributed by atoms with Crippen molar-refractivity contribution < 1.29 is 9.53 Å². The number of nitrogens with one attached hydrogen (secondary N) is 1. The van der Waals surface area contributed by atoms with E-state index >= 15 is 0 Å². The number of fused-ring (bicyclic) bond motifs is 1. The van der Waals surface area contributed by atoms with Crippen LogP contribution in [0, 0.1) is 11.3 Å². The number of piperidine rings is 1. The molecule has 2 aromatic rings. The maximum absolute atomic E-state index is 11.3. The van der Waals surface area contributed by atoms with Crippen molar-refractivity contribution in [2.45, 2.75) is 51.0 Å². The van der Waals surface area contributed by atoms with Crippen LogP contribution in [0.4, 0.5) is 5.69 Å². The second-order valence-electron chi connectivity index (χ2n) is 10.0. The van der Waals surface area contributed by atoms with E-state index in [2.05, 4.69) is 50.1 Å². The molecule has 5 rings (SSSR count). The van der Waals surface area contributed by atoms with Crippen molar-refractivity contribution in [3.05, 3.63) is 36.0 Å². The van der Waals surface area contributed by atoms with Crippen molar-refractivity contribution in [1.82, 2.24) is 20.1 Å².